The van der Waals surface area contributed by atoms with E-state index < -0.39 is 0 Å². The quantitative estimate of drug-likeness (QED) is 0.770. The van der Waals surface area contributed by atoms with Gasteiger partial charge >= 0.3 is 0 Å². The van der Waals surface area contributed by atoms with Crippen LogP contribution in [-0.2, 0) is 0 Å². The highest BCUT2D eigenvalue weighted by Gasteiger charge is 2.30. The van der Waals surface area contributed by atoms with E-state index in [2.05, 4.69) is 11.8 Å². The van der Waals surface area contributed by atoms with Crippen LogP contribution in [0.25, 0.3) is 0 Å². The monoisotopic (exact) mass is 210 g/mol. The Hall–Kier alpha value is -0.0800. The number of nitrogens with zero attached hydrogens (tertiary/aromatic N) is 1. The van der Waals surface area contributed by atoms with Crippen LogP contribution in [0.1, 0.15) is 39.0 Å². The first-order valence-electron chi connectivity index (χ1n) is 6.76. The fourth-order valence-corrected chi connectivity index (χ4v) is 3.41. The maximum atomic E-state index is 5.83. The molecular weight excluding hydrogens is 184 g/mol. The minimum Gasteiger partial charge on any atom is -0.330 e. The standard InChI is InChI=1S/C13H26N2/c1-2-11-6-7-15(9-11)10-13-5-3-4-12(13)8-14/h11-13H,2-10,14H2,1H3. The van der Waals surface area contributed by atoms with Crippen molar-refractivity contribution in [2.75, 3.05) is 26.2 Å². The van der Waals surface area contributed by atoms with Gasteiger partial charge in [-0.25, -0.2) is 0 Å². The van der Waals surface area contributed by atoms with Crippen molar-refractivity contribution in [3.63, 3.8) is 0 Å². The van der Waals surface area contributed by atoms with Gasteiger partial charge in [-0.3, -0.25) is 0 Å². The third-order valence-corrected chi connectivity index (χ3v) is 4.56. The zero-order chi connectivity index (χ0) is 10.7. The van der Waals surface area contributed by atoms with Gasteiger partial charge in [-0.2, -0.15) is 0 Å². The minimum atomic E-state index is 0.825. The zero-order valence-corrected chi connectivity index (χ0v) is 10.1. The third-order valence-electron chi connectivity index (χ3n) is 4.56. The van der Waals surface area contributed by atoms with Crippen molar-refractivity contribution in [2.45, 2.75) is 39.0 Å². The van der Waals surface area contributed by atoms with E-state index in [0.29, 0.717) is 0 Å². The van der Waals surface area contributed by atoms with Crippen molar-refractivity contribution in [1.29, 1.82) is 0 Å². The number of nitrogens with two attached hydrogens (primary N) is 1. The Labute approximate surface area is 94.2 Å². The lowest BCUT2D eigenvalue weighted by molar-refractivity contribution is 0.236. The lowest BCUT2D eigenvalue weighted by Gasteiger charge is -2.24. The molecule has 0 amide bonds. The normalized spacial score (nSPS) is 37.6. The van der Waals surface area contributed by atoms with Gasteiger partial charge in [0, 0.05) is 13.1 Å². The second kappa shape index (κ2) is 5.31. The second-order valence-electron chi connectivity index (χ2n) is 5.51. The fraction of sp³-hybridized carbons (Fsp3) is 1.00. The summed E-state index contributed by atoms with van der Waals surface area (Å²) in [5.41, 5.74) is 5.83. The Balaban J connectivity index is 1.77. The molecule has 1 heterocycles. The van der Waals surface area contributed by atoms with E-state index in [9.17, 15) is 0 Å². The summed E-state index contributed by atoms with van der Waals surface area (Å²) in [6.07, 6.45) is 7.01. The summed E-state index contributed by atoms with van der Waals surface area (Å²) < 4.78 is 0. The van der Waals surface area contributed by atoms with Crippen molar-refractivity contribution in [2.24, 2.45) is 23.5 Å². The Kier molecular flexibility index (Phi) is 4.04. The summed E-state index contributed by atoms with van der Waals surface area (Å²) in [4.78, 5) is 2.69. The van der Waals surface area contributed by atoms with Gasteiger partial charge in [0.1, 0.15) is 0 Å². The van der Waals surface area contributed by atoms with Crippen LogP contribution >= 0.6 is 0 Å². The molecule has 2 rings (SSSR count). The molecular formula is C13H26N2. The van der Waals surface area contributed by atoms with E-state index in [-0.39, 0.29) is 0 Å². The molecule has 3 unspecified atom stereocenters. The second-order valence-corrected chi connectivity index (χ2v) is 5.51. The molecule has 2 N–H and O–H groups in total. The Morgan fingerprint density at radius 3 is 2.67 bits per heavy atom. The molecule has 2 fully saturated rings. The molecule has 0 radical (unpaired) electrons. The first-order valence-corrected chi connectivity index (χ1v) is 6.76. The largest absolute Gasteiger partial charge is 0.330 e. The summed E-state index contributed by atoms with van der Waals surface area (Å²) in [5, 5.41) is 0. The molecule has 0 spiro atoms. The molecule has 0 aromatic rings. The summed E-state index contributed by atoms with van der Waals surface area (Å²) in [6.45, 7) is 7.26. The van der Waals surface area contributed by atoms with Crippen LogP contribution in [0.5, 0.6) is 0 Å². The highest BCUT2D eigenvalue weighted by Crippen LogP contribution is 2.32. The highest BCUT2D eigenvalue weighted by molar-refractivity contribution is 4.83. The van der Waals surface area contributed by atoms with Gasteiger partial charge < -0.3 is 10.6 Å². The average molecular weight is 210 g/mol. The predicted octanol–water partition coefficient (Wildman–Crippen LogP) is 2.09. The summed E-state index contributed by atoms with van der Waals surface area (Å²) in [7, 11) is 0. The molecule has 2 aliphatic rings. The van der Waals surface area contributed by atoms with Crippen molar-refractivity contribution in [3.05, 3.63) is 0 Å². The molecule has 1 aliphatic heterocycles. The van der Waals surface area contributed by atoms with Gasteiger partial charge in [-0.05, 0) is 50.1 Å². The lowest BCUT2D eigenvalue weighted by atomic mass is 9.96. The Morgan fingerprint density at radius 1 is 1.20 bits per heavy atom. The van der Waals surface area contributed by atoms with E-state index in [4.69, 9.17) is 5.73 Å². The first-order chi connectivity index (χ1) is 7.33. The number of rotatable bonds is 4. The molecule has 1 saturated heterocycles. The average Bonchev–Trinajstić information content (AvgIpc) is 2.87. The van der Waals surface area contributed by atoms with Crippen molar-refractivity contribution >= 4 is 0 Å². The van der Waals surface area contributed by atoms with Crippen LogP contribution in [-0.4, -0.2) is 31.1 Å². The zero-order valence-electron chi connectivity index (χ0n) is 10.1. The molecule has 0 bridgehead atoms. The summed E-state index contributed by atoms with van der Waals surface area (Å²) in [6, 6.07) is 0. The molecule has 88 valence electrons. The van der Waals surface area contributed by atoms with E-state index in [1.807, 2.05) is 0 Å². The van der Waals surface area contributed by atoms with Gasteiger partial charge in [0.15, 0.2) is 0 Å². The molecule has 1 saturated carbocycles. The van der Waals surface area contributed by atoms with Crippen molar-refractivity contribution in [1.82, 2.24) is 4.90 Å². The van der Waals surface area contributed by atoms with Gasteiger partial charge in [0.2, 0.25) is 0 Å². The van der Waals surface area contributed by atoms with Crippen LogP contribution in [0, 0.1) is 17.8 Å². The topological polar surface area (TPSA) is 29.3 Å². The lowest BCUT2D eigenvalue weighted by Crippen LogP contribution is -2.31. The van der Waals surface area contributed by atoms with Gasteiger partial charge in [0.25, 0.3) is 0 Å². The van der Waals surface area contributed by atoms with Crippen LogP contribution in [0.15, 0.2) is 0 Å². The molecule has 15 heavy (non-hydrogen) atoms. The van der Waals surface area contributed by atoms with Crippen LogP contribution in [0.2, 0.25) is 0 Å². The van der Waals surface area contributed by atoms with Crippen LogP contribution < -0.4 is 5.73 Å². The summed E-state index contributed by atoms with van der Waals surface area (Å²) in [5.74, 6) is 2.71. The SMILES string of the molecule is CCC1CCN(CC2CCCC2CN)C1. The predicted molar refractivity (Wildman–Crippen MR) is 64.7 cm³/mol. The molecule has 3 atom stereocenters. The molecule has 0 aromatic heterocycles. The fourth-order valence-electron chi connectivity index (χ4n) is 3.41. The Morgan fingerprint density at radius 2 is 2.00 bits per heavy atom. The number of hydrogen-bond donors (Lipinski definition) is 1. The van der Waals surface area contributed by atoms with E-state index in [1.54, 1.807) is 0 Å². The van der Waals surface area contributed by atoms with Crippen molar-refractivity contribution < 1.29 is 0 Å². The van der Waals surface area contributed by atoms with E-state index in [0.717, 1.165) is 24.3 Å². The first kappa shape index (κ1) is 11.4. The van der Waals surface area contributed by atoms with Crippen LogP contribution in [0.3, 0.4) is 0 Å². The number of likely N-dealkylation sites (tertiary alicyclic amines) is 1. The molecule has 2 heteroatoms. The van der Waals surface area contributed by atoms with Crippen molar-refractivity contribution in [3.8, 4) is 0 Å². The molecule has 1 aliphatic carbocycles. The third kappa shape index (κ3) is 2.73. The summed E-state index contributed by atoms with van der Waals surface area (Å²) >= 11 is 0. The highest BCUT2D eigenvalue weighted by atomic mass is 15.1. The van der Waals surface area contributed by atoms with E-state index in [1.165, 1.54) is 51.7 Å². The van der Waals surface area contributed by atoms with Crippen LogP contribution in [0.4, 0.5) is 0 Å². The molecule has 0 aromatic carbocycles. The smallest absolute Gasteiger partial charge is 0.00129 e. The minimum absolute atomic E-state index is 0.825. The maximum absolute atomic E-state index is 5.83. The van der Waals surface area contributed by atoms with Gasteiger partial charge in [-0.1, -0.05) is 19.8 Å². The number of hydrogen-bond acceptors (Lipinski definition) is 2. The molecule has 2 nitrogen and oxygen atoms in total. The maximum Gasteiger partial charge on any atom is 0.00129 e. The van der Waals surface area contributed by atoms with Gasteiger partial charge in [-0.15, -0.1) is 0 Å². The van der Waals surface area contributed by atoms with Gasteiger partial charge in [0.05, 0.1) is 0 Å². The Bertz CT molecular complexity index is 193. The van der Waals surface area contributed by atoms with E-state index >= 15 is 0 Å².